The van der Waals surface area contributed by atoms with Gasteiger partial charge in [-0.3, -0.25) is 9.59 Å². The molecule has 0 aromatic heterocycles. The summed E-state index contributed by atoms with van der Waals surface area (Å²) in [5.74, 6) is -0.181. The zero-order valence-corrected chi connectivity index (χ0v) is 18.6. The van der Waals surface area contributed by atoms with Gasteiger partial charge in [-0.25, -0.2) is 0 Å². The van der Waals surface area contributed by atoms with E-state index in [9.17, 15) is 9.59 Å². The Morgan fingerprint density at radius 1 is 0.600 bits per heavy atom. The summed E-state index contributed by atoms with van der Waals surface area (Å²) in [4.78, 5) is 27.2. The monoisotopic (exact) mass is 430 g/mol. The summed E-state index contributed by atoms with van der Waals surface area (Å²) in [5, 5.41) is 16.6. The Balaban J connectivity index is 0.000000479. The summed E-state index contributed by atoms with van der Waals surface area (Å²) in [6, 6.07) is 0. The first-order valence-corrected chi connectivity index (χ1v) is 11.6. The van der Waals surface area contributed by atoms with Gasteiger partial charge in [-0.2, -0.15) is 0 Å². The van der Waals surface area contributed by atoms with Gasteiger partial charge in [0, 0.05) is 52.5 Å². The third-order valence-corrected chi connectivity index (χ3v) is 4.97. The average molecular weight is 431 g/mol. The molecule has 8 heteroatoms. The lowest BCUT2D eigenvalue weighted by Gasteiger charge is -2.06. The molecule has 2 aliphatic heterocycles. The molecule has 0 bridgehead atoms. The van der Waals surface area contributed by atoms with E-state index in [-0.39, 0.29) is 25.2 Å². The number of carbonyl (C=O) groups excluding carboxylic acids is 2. The molecule has 0 aromatic rings. The van der Waals surface area contributed by atoms with Gasteiger partial charge in [0.05, 0.1) is 26.1 Å². The molecule has 0 amide bonds. The Bertz CT molecular complexity index is 401. The van der Waals surface area contributed by atoms with Crippen molar-refractivity contribution in [2.24, 2.45) is 0 Å². The number of nitrogens with zero attached hydrogens (tertiary/aromatic N) is 2. The SMILES string of the molecule is O=C(CCN1CC1)OCCCCCCOC(=O)CCN1CC1.OCCCCCCO. The Morgan fingerprint density at radius 3 is 1.30 bits per heavy atom. The predicted octanol–water partition coefficient (Wildman–Crippen LogP) is 1.58. The second kappa shape index (κ2) is 18.5. The largest absolute Gasteiger partial charge is 0.466 e. The van der Waals surface area contributed by atoms with Crippen molar-refractivity contribution < 1.29 is 29.3 Å². The van der Waals surface area contributed by atoms with Crippen LogP contribution in [-0.4, -0.2) is 97.6 Å². The number of esters is 2. The standard InChI is InChI=1S/C16H28N2O4.C6H14O2/c19-15(5-7-17-9-10-17)21-13-3-1-2-4-14-22-16(20)6-8-18-11-12-18;7-5-3-1-2-4-6-8/h1-14H2;7-8H,1-6H2. The molecule has 0 spiro atoms. The Labute approximate surface area is 181 Å². The number of hydrogen-bond donors (Lipinski definition) is 2. The number of carbonyl (C=O) groups is 2. The summed E-state index contributed by atoms with van der Waals surface area (Å²) in [6.45, 7) is 7.74. The topological polar surface area (TPSA) is 99.1 Å². The van der Waals surface area contributed by atoms with E-state index in [2.05, 4.69) is 9.80 Å². The van der Waals surface area contributed by atoms with Crippen LogP contribution in [0.2, 0.25) is 0 Å². The minimum atomic E-state index is -0.0905. The molecule has 2 aliphatic rings. The van der Waals surface area contributed by atoms with Crippen molar-refractivity contribution in [3.05, 3.63) is 0 Å². The van der Waals surface area contributed by atoms with Gasteiger partial charge < -0.3 is 29.5 Å². The lowest BCUT2D eigenvalue weighted by atomic mass is 10.2. The molecule has 2 rings (SSSR count). The van der Waals surface area contributed by atoms with Crippen molar-refractivity contribution in [2.75, 3.05) is 65.7 Å². The molecule has 2 fully saturated rings. The molecule has 0 aliphatic carbocycles. The first-order valence-electron chi connectivity index (χ1n) is 11.6. The second-order valence-corrected chi connectivity index (χ2v) is 7.90. The maximum Gasteiger partial charge on any atom is 0.307 e. The molecule has 0 unspecified atom stereocenters. The lowest BCUT2D eigenvalue weighted by Crippen LogP contribution is -2.12. The van der Waals surface area contributed by atoms with Crippen LogP contribution in [0.5, 0.6) is 0 Å². The highest BCUT2D eigenvalue weighted by molar-refractivity contribution is 5.69. The van der Waals surface area contributed by atoms with Crippen LogP contribution in [0, 0.1) is 0 Å². The minimum Gasteiger partial charge on any atom is -0.466 e. The van der Waals surface area contributed by atoms with E-state index in [0.717, 1.165) is 90.6 Å². The highest BCUT2D eigenvalue weighted by atomic mass is 16.5. The predicted molar refractivity (Wildman–Crippen MR) is 115 cm³/mol. The van der Waals surface area contributed by atoms with Crippen LogP contribution in [0.1, 0.15) is 64.2 Å². The molecule has 8 nitrogen and oxygen atoms in total. The van der Waals surface area contributed by atoms with Crippen LogP contribution >= 0.6 is 0 Å². The summed E-state index contributed by atoms with van der Waals surface area (Å²) in [5.41, 5.74) is 0. The van der Waals surface area contributed by atoms with Gasteiger partial charge in [0.1, 0.15) is 0 Å². The summed E-state index contributed by atoms with van der Waals surface area (Å²) in [7, 11) is 0. The van der Waals surface area contributed by atoms with Crippen molar-refractivity contribution in [2.45, 2.75) is 64.2 Å². The number of aliphatic hydroxyl groups is 2. The van der Waals surface area contributed by atoms with E-state index < -0.39 is 0 Å². The van der Waals surface area contributed by atoms with Crippen molar-refractivity contribution in [1.29, 1.82) is 0 Å². The van der Waals surface area contributed by atoms with E-state index in [1.54, 1.807) is 0 Å². The van der Waals surface area contributed by atoms with Gasteiger partial charge in [0.15, 0.2) is 0 Å². The fraction of sp³-hybridized carbons (Fsp3) is 0.909. The quantitative estimate of drug-likeness (QED) is 0.192. The van der Waals surface area contributed by atoms with Gasteiger partial charge in [0.2, 0.25) is 0 Å². The molecule has 2 saturated heterocycles. The average Bonchev–Trinajstić information content (AvgIpc) is 3.65. The molecule has 0 aromatic carbocycles. The maximum absolute atomic E-state index is 11.4. The van der Waals surface area contributed by atoms with Gasteiger partial charge in [-0.05, 0) is 38.5 Å². The van der Waals surface area contributed by atoms with E-state index in [1.165, 1.54) is 0 Å². The number of hydrogen-bond acceptors (Lipinski definition) is 8. The zero-order valence-electron chi connectivity index (χ0n) is 18.6. The van der Waals surface area contributed by atoms with Crippen molar-refractivity contribution >= 4 is 11.9 Å². The molecular weight excluding hydrogens is 388 g/mol. The van der Waals surface area contributed by atoms with Crippen molar-refractivity contribution in [3.63, 3.8) is 0 Å². The van der Waals surface area contributed by atoms with Gasteiger partial charge in [-0.15, -0.1) is 0 Å². The van der Waals surface area contributed by atoms with E-state index >= 15 is 0 Å². The van der Waals surface area contributed by atoms with Gasteiger partial charge in [-0.1, -0.05) is 12.8 Å². The minimum absolute atomic E-state index is 0.0905. The van der Waals surface area contributed by atoms with Crippen LogP contribution in [0.4, 0.5) is 0 Å². The molecule has 2 heterocycles. The summed E-state index contributed by atoms with van der Waals surface area (Å²) < 4.78 is 10.3. The first kappa shape index (κ1) is 26.8. The fourth-order valence-electron chi connectivity index (χ4n) is 2.74. The smallest absolute Gasteiger partial charge is 0.307 e. The van der Waals surface area contributed by atoms with Crippen LogP contribution in [-0.2, 0) is 19.1 Å². The highest BCUT2D eigenvalue weighted by Crippen LogP contribution is 2.06. The summed E-state index contributed by atoms with van der Waals surface area (Å²) >= 11 is 0. The van der Waals surface area contributed by atoms with Crippen molar-refractivity contribution in [3.8, 4) is 0 Å². The fourth-order valence-corrected chi connectivity index (χ4v) is 2.74. The Kier molecular flexibility index (Phi) is 16.6. The molecular formula is C22H42N2O6. The lowest BCUT2D eigenvalue weighted by molar-refractivity contribution is -0.145. The highest BCUT2D eigenvalue weighted by Gasteiger charge is 2.18. The van der Waals surface area contributed by atoms with Crippen LogP contribution in [0.3, 0.4) is 0 Å². The van der Waals surface area contributed by atoms with Crippen LogP contribution in [0.25, 0.3) is 0 Å². The number of ether oxygens (including phenoxy) is 2. The first-order chi connectivity index (χ1) is 14.7. The van der Waals surface area contributed by atoms with E-state index in [4.69, 9.17) is 19.7 Å². The molecule has 2 N–H and O–H groups in total. The van der Waals surface area contributed by atoms with E-state index in [1.807, 2.05) is 0 Å². The maximum atomic E-state index is 11.4. The van der Waals surface area contributed by atoms with Crippen LogP contribution < -0.4 is 0 Å². The third-order valence-electron chi connectivity index (χ3n) is 4.97. The molecule has 30 heavy (non-hydrogen) atoms. The third kappa shape index (κ3) is 18.8. The van der Waals surface area contributed by atoms with E-state index in [0.29, 0.717) is 26.1 Å². The molecule has 0 atom stereocenters. The van der Waals surface area contributed by atoms with Gasteiger partial charge in [0.25, 0.3) is 0 Å². The Morgan fingerprint density at radius 2 is 0.967 bits per heavy atom. The number of rotatable bonds is 18. The van der Waals surface area contributed by atoms with Gasteiger partial charge >= 0.3 is 11.9 Å². The normalized spacial score (nSPS) is 15.3. The summed E-state index contributed by atoms with van der Waals surface area (Å²) in [6.07, 6.45) is 8.63. The number of unbranched alkanes of at least 4 members (excludes halogenated alkanes) is 6. The second-order valence-electron chi connectivity index (χ2n) is 7.90. The number of aliphatic hydroxyl groups excluding tert-OH is 2. The zero-order chi connectivity index (χ0) is 21.9. The molecule has 0 radical (unpaired) electrons. The van der Waals surface area contributed by atoms with Crippen molar-refractivity contribution in [1.82, 2.24) is 9.80 Å². The Hall–Kier alpha value is -1.22. The van der Waals surface area contributed by atoms with Crippen LogP contribution in [0.15, 0.2) is 0 Å². The molecule has 176 valence electrons. The molecule has 0 saturated carbocycles.